The van der Waals surface area contributed by atoms with Gasteiger partial charge in [-0.05, 0) is 36.5 Å². The van der Waals surface area contributed by atoms with Gasteiger partial charge in [0.15, 0.2) is 6.61 Å². The number of nitrogens with zero attached hydrogens (tertiary/aromatic N) is 1. The Labute approximate surface area is 124 Å². The van der Waals surface area contributed by atoms with Gasteiger partial charge in [-0.25, -0.2) is 0 Å². The Bertz CT molecular complexity index is 490. The van der Waals surface area contributed by atoms with E-state index in [0.29, 0.717) is 17.2 Å². The molecule has 5 nitrogen and oxygen atoms in total. The van der Waals surface area contributed by atoms with Gasteiger partial charge in [0.2, 0.25) is 0 Å². The standard InChI is InChI=1S/C16H21NO4/c1-12-6-8-17(9-7-12)15(18)11-21-14-4-2-13(3-5-14)10-16(19)20/h2-5,12H,6-11H2,1H3,(H,19,20). The van der Waals surface area contributed by atoms with Gasteiger partial charge in [-0.1, -0.05) is 19.1 Å². The van der Waals surface area contributed by atoms with Gasteiger partial charge >= 0.3 is 5.97 Å². The van der Waals surface area contributed by atoms with E-state index in [1.807, 2.05) is 4.90 Å². The molecule has 1 aliphatic heterocycles. The molecule has 0 aliphatic carbocycles. The molecule has 1 amide bonds. The van der Waals surface area contributed by atoms with Crippen molar-refractivity contribution in [3.8, 4) is 5.75 Å². The number of ether oxygens (including phenoxy) is 1. The summed E-state index contributed by atoms with van der Waals surface area (Å²) in [5, 5.41) is 8.69. The van der Waals surface area contributed by atoms with Crippen LogP contribution in [0.3, 0.4) is 0 Å². The van der Waals surface area contributed by atoms with Crippen LogP contribution in [0.4, 0.5) is 0 Å². The summed E-state index contributed by atoms with van der Waals surface area (Å²) in [5.41, 5.74) is 0.714. The van der Waals surface area contributed by atoms with E-state index in [4.69, 9.17) is 9.84 Å². The smallest absolute Gasteiger partial charge is 0.307 e. The fourth-order valence-electron chi connectivity index (χ4n) is 2.37. The number of benzene rings is 1. The first-order valence-corrected chi connectivity index (χ1v) is 7.26. The van der Waals surface area contributed by atoms with Crippen molar-refractivity contribution >= 4 is 11.9 Å². The van der Waals surface area contributed by atoms with E-state index in [0.717, 1.165) is 25.9 Å². The minimum atomic E-state index is -0.863. The maximum Gasteiger partial charge on any atom is 0.307 e. The molecule has 0 aromatic heterocycles. The second-order valence-corrected chi connectivity index (χ2v) is 5.57. The molecule has 2 rings (SSSR count). The zero-order valence-corrected chi connectivity index (χ0v) is 12.2. The lowest BCUT2D eigenvalue weighted by Gasteiger charge is -2.30. The van der Waals surface area contributed by atoms with E-state index >= 15 is 0 Å². The monoisotopic (exact) mass is 291 g/mol. The minimum absolute atomic E-state index is 0.00876. The van der Waals surface area contributed by atoms with E-state index in [1.165, 1.54) is 0 Å². The average Bonchev–Trinajstić information content (AvgIpc) is 2.46. The van der Waals surface area contributed by atoms with Gasteiger partial charge < -0.3 is 14.7 Å². The number of hydrogen-bond donors (Lipinski definition) is 1. The summed E-state index contributed by atoms with van der Waals surface area (Å²) in [6, 6.07) is 6.81. The van der Waals surface area contributed by atoms with Crippen LogP contribution < -0.4 is 4.74 Å². The lowest BCUT2D eigenvalue weighted by atomic mass is 9.99. The molecule has 1 aromatic carbocycles. The second-order valence-electron chi connectivity index (χ2n) is 5.57. The Morgan fingerprint density at radius 1 is 1.24 bits per heavy atom. The van der Waals surface area contributed by atoms with Crippen LogP contribution in [0.5, 0.6) is 5.75 Å². The summed E-state index contributed by atoms with van der Waals surface area (Å²) < 4.78 is 5.47. The number of piperidine rings is 1. The number of rotatable bonds is 5. The molecule has 1 heterocycles. The van der Waals surface area contributed by atoms with Crippen molar-refractivity contribution in [3.63, 3.8) is 0 Å². The van der Waals surface area contributed by atoms with Crippen LogP contribution in [0.25, 0.3) is 0 Å². The lowest BCUT2D eigenvalue weighted by molar-refractivity contribution is -0.136. The summed E-state index contributed by atoms with van der Waals surface area (Å²) in [6.45, 7) is 3.85. The van der Waals surface area contributed by atoms with Crippen LogP contribution in [-0.2, 0) is 16.0 Å². The highest BCUT2D eigenvalue weighted by Gasteiger charge is 2.20. The first-order valence-electron chi connectivity index (χ1n) is 7.26. The van der Waals surface area contributed by atoms with E-state index in [1.54, 1.807) is 24.3 Å². The molecule has 0 spiro atoms. The second kappa shape index (κ2) is 7.11. The molecule has 0 atom stereocenters. The third kappa shape index (κ3) is 4.77. The molecule has 1 aliphatic rings. The van der Waals surface area contributed by atoms with Gasteiger partial charge in [0, 0.05) is 13.1 Å². The van der Waals surface area contributed by atoms with Crippen molar-refractivity contribution in [2.24, 2.45) is 5.92 Å². The summed E-state index contributed by atoms with van der Waals surface area (Å²) >= 11 is 0. The van der Waals surface area contributed by atoms with E-state index in [2.05, 4.69) is 6.92 Å². The maximum atomic E-state index is 12.0. The van der Waals surface area contributed by atoms with E-state index in [-0.39, 0.29) is 18.9 Å². The largest absolute Gasteiger partial charge is 0.484 e. The number of hydrogen-bond acceptors (Lipinski definition) is 3. The fourth-order valence-corrected chi connectivity index (χ4v) is 2.37. The molecule has 0 bridgehead atoms. The molecule has 1 saturated heterocycles. The highest BCUT2D eigenvalue weighted by Crippen LogP contribution is 2.17. The summed E-state index contributed by atoms with van der Waals surface area (Å²) in [6.07, 6.45) is 2.09. The lowest BCUT2D eigenvalue weighted by Crippen LogP contribution is -2.40. The van der Waals surface area contributed by atoms with E-state index < -0.39 is 5.97 Å². The van der Waals surface area contributed by atoms with Crippen LogP contribution in [0.1, 0.15) is 25.3 Å². The third-order valence-corrected chi connectivity index (χ3v) is 3.78. The molecule has 1 N–H and O–H groups in total. The van der Waals surface area contributed by atoms with Crippen molar-refractivity contribution in [1.82, 2.24) is 4.90 Å². The number of carboxylic acids is 1. The molecule has 21 heavy (non-hydrogen) atoms. The van der Waals surface area contributed by atoms with Crippen molar-refractivity contribution < 1.29 is 19.4 Å². The van der Waals surface area contributed by atoms with Crippen LogP contribution in [0.2, 0.25) is 0 Å². The number of amides is 1. The third-order valence-electron chi connectivity index (χ3n) is 3.78. The van der Waals surface area contributed by atoms with Gasteiger partial charge in [-0.3, -0.25) is 9.59 Å². The number of likely N-dealkylation sites (tertiary alicyclic amines) is 1. The van der Waals surface area contributed by atoms with Gasteiger partial charge in [0.05, 0.1) is 6.42 Å². The maximum absolute atomic E-state index is 12.0. The summed E-state index contributed by atoms with van der Waals surface area (Å²) in [4.78, 5) is 24.4. The van der Waals surface area contributed by atoms with Crippen LogP contribution in [0, 0.1) is 5.92 Å². The van der Waals surface area contributed by atoms with Crippen LogP contribution in [-0.4, -0.2) is 41.6 Å². The highest BCUT2D eigenvalue weighted by atomic mass is 16.5. The van der Waals surface area contributed by atoms with Gasteiger partial charge in [0.1, 0.15) is 5.75 Å². The summed E-state index contributed by atoms with van der Waals surface area (Å²) in [5.74, 6) is 0.425. The van der Waals surface area contributed by atoms with Crippen molar-refractivity contribution in [2.45, 2.75) is 26.2 Å². The first kappa shape index (κ1) is 15.4. The molecule has 1 fully saturated rings. The number of aliphatic carboxylic acids is 1. The Hall–Kier alpha value is -2.04. The Morgan fingerprint density at radius 2 is 1.86 bits per heavy atom. The van der Waals surface area contributed by atoms with Crippen molar-refractivity contribution in [3.05, 3.63) is 29.8 Å². The molecular weight excluding hydrogens is 270 g/mol. The Balaban J connectivity index is 1.79. The van der Waals surface area contributed by atoms with Gasteiger partial charge in [0.25, 0.3) is 5.91 Å². The molecule has 0 unspecified atom stereocenters. The highest BCUT2D eigenvalue weighted by molar-refractivity contribution is 5.77. The fraction of sp³-hybridized carbons (Fsp3) is 0.500. The van der Waals surface area contributed by atoms with Crippen LogP contribution in [0.15, 0.2) is 24.3 Å². The number of carbonyl (C=O) groups excluding carboxylic acids is 1. The van der Waals surface area contributed by atoms with E-state index in [9.17, 15) is 9.59 Å². The predicted octanol–water partition coefficient (Wildman–Crippen LogP) is 1.95. The summed E-state index contributed by atoms with van der Waals surface area (Å²) in [7, 11) is 0. The zero-order chi connectivity index (χ0) is 15.2. The minimum Gasteiger partial charge on any atom is -0.484 e. The average molecular weight is 291 g/mol. The molecule has 114 valence electrons. The van der Waals surface area contributed by atoms with Gasteiger partial charge in [-0.2, -0.15) is 0 Å². The molecular formula is C16H21NO4. The normalized spacial score (nSPS) is 15.8. The number of carboxylic acid groups (broad SMARTS) is 1. The Morgan fingerprint density at radius 3 is 2.43 bits per heavy atom. The zero-order valence-electron chi connectivity index (χ0n) is 12.2. The molecule has 5 heteroatoms. The van der Waals surface area contributed by atoms with Crippen molar-refractivity contribution in [1.29, 1.82) is 0 Å². The molecule has 0 radical (unpaired) electrons. The Kier molecular flexibility index (Phi) is 5.20. The van der Waals surface area contributed by atoms with Crippen LogP contribution >= 0.6 is 0 Å². The SMILES string of the molecule is CC1CCN(C(=O)COc2ccc(CC(=O)O)cc2)CC1. The predicted molar refractivity (Wildman–Crippen MR) is 78.3 cm³/mol. The topological polar surface area (TPSA) is 66.8 Å². The first-order chi connectivity index (χ1) is 10.0. The quantitative estimate of drug-likeness (QED) is 0.900. The number of carbonyl (C=O) groups is 2. The molecule has 1 aromatic rings. The molecule has 0 saturated carbocycles. The van der Waals surface area contributed by atoms with Gasteiger partial charge in [-0.15, -0.1) is 0 Å². The van der Waals surface area contributed by atoms with Crippen molar-refractivity contribution in [2.75, 3.05) is 19.7 Å².